The fraction of sp³-hybridized carbons (Fsp3) is 0.667. The van der Waals surface area contributed by atoms with Gasteiger partial charge in [0.2, 0.25) is 0 Å². The predicted octanol–water partition coefficient (Wildman–Crippen LogP) is 1.85. The van der Waals surface area contributed by atoms with Crippen LogP contribution in [0.3, 0.4) is 0 Å². The Kier molecular flexibility index (Phi) is 8.86. The van der Waals surface area contributed by atoms with Gasteiger partial charge in [-0.3, -0.25) is 4.90 Å². The highest BCUT2D eigenvalue weighted by atomic mass is 16.5. The van der Waals surface area contributed by atoms with E-state index in [1.807, 2.05) is 18.2 Å². The molecule has 0 saturated carbocycles. The maximum absolute atomic E-state index is 8.92. The third-order valence-electron chi connectivity index (χ3n) is 5.03. The van der Waals surface area contributed by atoms with E-state index in [2.05, 4.69) is 43.2 Å². The molecule has 0 radical (unpaired) electrons. The van der Waals surface area contributed by atoms with Crippen LogP contribution in [-0.2, 0) is 6.54 Å². The molecule has 7 heteroatoms. The molecule has 1 aromatic carbocycles. The summed E-state index contributed by atoms with van der Waals surface area (Å²) >= 11 is 0. The van der Waals surface area contributed by atoms with E-state index in [4.69, 9.17) is 19.6 Å². The van der Waals surface area contributed by atoms with Crippen LogP contribution in [0.5, 0.6) is 11.5 Å². The first-order valence-corrected chi connectivity index (χ1v) is 10.2. The molecule has 1 saturated heterocycles. The second-order valence-corrected chi connectivity index (χ2v) is 7.53. The molecule has 2 unspecified atom stereocenters. The number of aliphatic imine (C=N–C) groups is 1. The Bertz CT molecular complexity index is 636. The molecule has 1 fully saturated rings. The Morgan fingerprint density at radius 3 is 2.71 bits per heavy atom. The van der Waals surface area contributed by atoms with Crippen molar-refractivity contribution in [2.24, 2.45) is 10.9 Å². The minimum atomic E-state index is -0.0270. The number of aliphatic hydroxyl groups excluding tert-OH is 1. The molecule has 1 aliphatic rings. The molecule has 0 amide bonds. The molecule has 1 aliphatic heterocycles. The molecule has 1 aromatic rings. The fourth-order valence-electron chi connectivity index (χ4n) is 3.36. The summed E-state index contributed by atoms with van der Waals surface area (Å²) < 4.78 is 10.9. The van der Waals surface area contributed by atoms with Crippen molar-refractivity contribution in [3.05, 3.63) is 23.8 Å². The van der Waals surface area contributed by atoms with E-state index in [1.54, 1.807) is 7.11 Å². The van der Waals surface area contributed by atoms with E-state index < -0.39 is 0 Å². The fourth-order valence-corrected chi connectivity index (χ4v) is 3.36. The number of benzene rings is 1. The lowest BCUT2D eigenvalue weighted by Gasteiger charge is -2.22. The van der Waals surface area contributed by atoms with E-state index in [9.17, 15) is 0 Å². The SMILES string of the molecule is CCNC(=NCc1ccc(OCCO)c(OC)c1)NC1CN(C(C)C)CC1C. The van der Waals surface area contributed by atoms with Crippen LogP contribution >= 0.6 is 0 Å². The molecule has 7 nitrogen and oxygen atoms in total. The van der Waals surface area contributed by atoms with Crippen molar-refractivity contribution in [3.8, 4) is 11.5 Å². The Morgan fingerprint density at radius 1 is 1.32 bits per heavy atom. The van der Waals surface area contributed by atoms with Crippen molar-refractivity contribution in [3.63, 3.8) is 0 Å². The second kappa shape index (κ2) is 11.1. The molecule has 0 aliphatic carbocycles. The van der Waals surface area contributed by atoms with Crippen LogP contribution in [0.4, 0.5) is 0 Å². The average Bonchev–Trinajstić information content (AvgIpc) is 3.05. The largest absolute Gasteiger partial charge is 0.493 e. The van der Waals surface area contributed by atoms with Gasteiger partial charge in [0.05, 0.1) is 20.3 Å². The van der Waals surface area contributed by atoms with Crippen LogP contribution < -0.4 is 20.1 Å². The van der Waals surface area contributed by atoms with E-state index in [0.29, 0.717) is 36.0 Å². The van der Waals surface area contributed by atoms with Gasteiger partial charge in [0, 0.05) is 31.7 Å². The summed E-state index contributed by atoms with van der Waals surface area (Å²) in [5.74, 6) is 2.69. The van der Waals surface area contributed by atoms with Crippen molar-refractivity contribution in [2.45, 2.75) is 46.3 Å². The van der Waals surface area contributed by atoms with Crippen LogP contribution in [0, 0.1) is 5.92 Å². The maximum atomic E-state index is 8.92. The van der Waals surface area contributed by atoms with Crippen molar-refractivity contribution >= 4 is 5.96 Å². The second-order valence-electron chi connectivity index (χ2n) is 7.53. The zero-order valence-electron chi connectivity index (χ0n) is 17.9. The van der Waals surface area contributed by atoms with Crippen LogP contribution in [-0.4, -0.2) is 68.0 Å². The van der Waals surface area contributed by atoms with Gasteiger partial charge in [-0.15, -0.1) is 0 Å². The van der Waals surface area contributed by atoms with Crippen LogP contribution in [0.15, 0.2) is 23.2 Å². The summed E-state index contributed by atoms with van der Waals surface area (Å²) in [4.78, 5) is 7.26. The van der Waals surface area contributed by atoms with Gasteiger partial charge in [0.15, 0.2) is 17.5 Å². The number of ether oxygens (including phenoxy) is 2. The first-order chi connectivity index (χ1) is 13.5. The molecule has 2 rings (SSSR count). The van der Waals surface area contributed by atoms with Crippen molar-refractivity contribution in [2.75, 3.05) is 40.0 Å². The number of rotatable bonds is 9. The zero-order chi connectivity index (χ0) is 20.5. The molecular weight excluding hydrogens is 356 g/mol. The van der Waals surface area contributed by atoms with Crippen LogP contribution in [0.25, 0.3) is 0 Å². The number of hydrogen-bond donors (Lipinski definition) is 3. The number of nitrogens with zero attached hydrogens (tertiary/aromatic N) is 2. The summed E-state index contributed by atoms with van der Waals surface area (Å²) in [6, 6.07) is 6.72. The van der Waals surface area contributed by atoms with Gasteiger partial charge >= 0.3 is 0 Å². The Morgan fingerprint density at radius 2 is 2.11 bits per heavy atom. The van der Waals surface area contributed by atoms with Crippen molar-refractivity contribution < 1.29 is 14.6 Å². The smallest absolute Gasteiger partial charge is 0.191 e. The molecule has 0 aromatic heterocycles. The predicted molar refractivity (Wildman–Crippen MR) is 113 cm³/mol. The number of guanidine groups is 1. The van der Waals surface area contributed by atoms with Gasteiger partial charge in [-0.05, 0) is 44.4 Å². The molecule has 3 N–H and O–H groups in total. The number of hydrogen-bond acceptors (Lipinski definition) is 5. The van der Waals surface area contributed by atoms with Gasteiger partial charge in [0.1, 0.15) is 6.61 Å². The molecule has 28 heavy (non-hydrogen) atoms. The first kappa shape index (κ1) is 22.3. The lowest BCUT2D eigenvalue weighted by Crippen LogP contribution is -2.46. The summed E-state index contributed by atoms with van der Waals surface area (Å²) in [5.41, 5.74) is 1.04. The van der Waals surface area contributed by atoms with Crippen molar-refractivity contribution in [1.82, 2.24) is 15.5 Å². The summed E-state index contributed by atoms with van der Waals surface area (Å²) in [7, 11) is 1.61. The standard InChI is InChI=1S/C21H36N4O3/c1-6-22-21(24-18-14-25(15(2)3)13-16(18)4)23-12-17-7-8-19(28-10-9-26)20(11-17)27-5/h7-8,11,15-16,18,26H,6,9-10,12-14H2,1-5H3,(H2,22,23,24). The highest BCUT2D eigenvalue weighted by Gasteiger charge is 2.31. The Labute approximate surface area is 169 Å². The quantitative estimate of drug-likeness (QED) is 0.440. The number of nitrogens with one attached hydrogen (secondary N) is 2. The minimum Gasteiger partial charge on any atom is -0.493 e. The zero-order valence-corrected chi connectivity index (χ0v) is 17.9. The monoisotopic (exact) mass is 392 g/mol. The third kappa shape index (κ3) is 6.27. The lowest BCUT2D eigenvalue weighted by molar-refractivity contribution is 0.196. The third-order valence-corrected chi connectivity index (χ3v) is 5.03. The normalized spacial score (nSPS) is 20.5. The van der Waals surface area contributed by atoms with Gasteiger partial charge in [-0.1, -0.05) is 13.0 Å². The van der Waals surface area contributed by atoms with E-state index in [1.165, 1.54) is 0 Å². The molecule has 2 atom stereocenters. The first-order valence-electron chi connectivity index (χ1n) is 10.2. The van der Waals surface area contributed by atoms with E-state index in [0.717, 1.165) is 31.2 Å². The van der Waals surface area contributed by atoms with Gasteiger partial charge in [-0.25, -0.2) is 4.99 Å². The summed E-state index contributed by atoms with van der Waals surface area (Å²) in [5, 5.41) is 15.9. The maximum Gasteiger partial charge on any atom is 0.191 e. The van der Waals surface area contributed by atoms with Crippen molar-refractivity contribution in [1.29, 1.82) is 0 Å². The van der Waals surface area contributed by atoms with E-state index in [-0.39, 0.29) is 13.2 Å². The number of methoxy groups -OCH3 is 1. The molecule has 158 valence electrons. The van der Waals surface area contributed by atoms with Crippen LogP contribution in [0.2, 0.25) is 0 Å². The number of likely N-dealkylation sites (tertiary alicyclic amines) is 1. The van der Waals surface area contributed by atoms with Gasteiger partial charge in [0.25, 0.3) is 0 Å². The Hall–Kier alpha value is -1.99. The van der Waals surface area contributed by atoms with Gasteiger partial charge < -0.3 is 25.2 Å². The summed E-state index contributed by atoms with van der Waals surface area (Å²) in [6.45, 7) is 12.6. The molecular formula is C21H36N4O3. The van der Waals surface area contributed by atoms with Crippen LogP contribution in [0.1, 0.15) is 33.3 Å². The van der Waals surface area contributed by atoms with Gasteiger partial charge in [-0.2, -0.15) is 0 Å². The number of aliphatic hydroxyl groups is 1. The molecule has 1 heterocycles. The summed E-state index contributed by atoms with van der Waals surface area (Å²) in [6.07, 6.45) is 0. The topological polar surface area (TPSA) is 78.4 Å². The molecule has 0 spiro atoms. The Balaban J connectivity index is 2.04. The molecule has 0 bridgehead atoms. The average molecular weight is 393 g/mol. The highest BCUT2D eigenvalue weighted by Crippen LogP contribution is 2.28. The minimum absolute atomic E-state index is 0.0270. The lowest BCUT2D eigenvalue weighted by atomic mass is 10.1. The highest BCUT2D eigenvalue weighted by molar-refractivity contribution is 5.80. The van der Waals surface area contributed by atoms with E-state index >= 15 is 0 Å².